The van der Waals surface area contributed by atoms with Crippen LogP contribution in [0.15, 0.2) is 36.4 Å². The number of hydrogen-bond acceptors (Lipinski definition) is 6. The molecule has 1 fully saturated rings. The second-order valence-corrected chi connectivity index (χ2v) is 5.44. The van der Waals surface area contributed by atoms with Gasteiger partial charge in [-0.3, -0.25) is 0 Å². The van der Waals surface area contributed by atoms with Crippen LogP contribution in [0.3, 0.4) is 0 Å². The number of nitrogen functional groups attached to an aromatic ring is 1. The fourth-order valence-corrected chi connectivity index (χ4v) is 2.43. The summed E-state index contributed by atoms with van der Waals surface area (Å²) in [5.74, 6) is 1.17. The Morgan fingerprint density at radius 1 is 1.23 bits per heavy atom. The first-order chi connectivity index (χ1) is 10.7. The first-order valence-electron chi connectivity index (χ1n) is 7.42. The number of rotatable bonds is 6. The molecule has 6 nitrogen and oxygen atoms in total. The molecule has 0 saturated carbocycles. The number of likely N-dealkylation sites (N-methyl/N-ethyl adjacent to an activating group) is 1. The molecular formula is C16H21N5O. The Morgan fingerprint density at radius 3 is 2.73 bits per heavy atom. The molecule has 2 heterocycles. The summed E-state index contributed by atoms with van der Waals surface area (Å²) in [6.45, 7) is 2.87. The largest absolute Gasteiger partial charge is 0.370 e. The van der Waals surface area contributed by atoms with Crippen molar-refractivity contribution in [2.45, 2.75) is 19.3 Å². The number of nitrogens with two attached hydrogens (primary N) is 1. The monoisotopic (exact) mass is 299 g/mol. The van der Waals surface area contributed by atoms with Crippen molar-refractivity contribution in [3.8, 4) is 0 Å². The molecule has 3 N–H and O–H groups in total. The van der Waals surface area contributed by atoms with Gasteiger partial charge in [-0.2, -0.15) is 4.98 Å². The van der Waals surface area contributed by atoms with Crippen LogP contribution in [0.4, 0.5) is 11.8 Å². The smallest absolute Gasteiger partial charge is 0.222 e. The molecule has 0 unspecified atom stereocenters. The minimum absolute atomic E-state index is 0.295. The summed E-state index contributed by atoms with van der Waals surface area (Å²) in [5, 5.41) is 3.24. The number of anilines is 2. The van der Waals surface area contributed by atoms with E-state index in [1.807, 2.05) is 43.4 Å². The second kappa shape index (κ2) is 6.72. The van der Waals surface area contributed by atoms with Crippen molar-refractivity contribution >= 4 is 11.8 Å². The summed E-state index contributed by atoms with van der Waals surface area (Å²) in [6.07, 6.45) is 0. The van der Waals surface area contributed by atoms with Gasteiger partial charge in [-0.15, -0.1) is 0 Å². The van der Waals surface area contributed by atoms with Gasteiger partial charge in [0.1, 0.15) is 5.82 Å². The summed E-state index contributed by atoms with van der Waals surface area (Å²) >= 11 is 0. The lowest BCUT2D eigenvalue weighted by molar-refractivity contribution is 0.104. The van der Waals surface area contributed by atoms with Crippen molar-refractivity contribution in [2.24, 2.45) is 0 Å². The topological polar surface area (TPSA) is 76.3 Å². The van der Waals surface area contributed by atoms with Crippen LogP contribution in [-0.2, 0) is 18.0 Å². The van der Waals surface area contributed by atoms with Crippen molar-refractivity contribution in [1.82, 2.24) is 15.3 Å². The second-order valence-electron chi connectivity index (χ2n) is 5.44. The van der Waals surface area contributed by atoms with Crippen molar-refractivity contribution in [3.63, 3.8) is 0 Å². The number of ether oxygens (including phenoxy) is 1. The third kappa shape index (κ3) is 3.52. The van der Waals surface area contributed by atoms with Crippen molar-refractivity contribution in [2.75, 3.05) is 30.8 Å². The number of hydrogen-bond donors (Lipinski definition) is 2. The third-order valence-electron chi connectivity index (χ3n) is 3.76. The normalized spacial score (nSPS) is 14.9. The summed E-state index contributed by atoms with van der Waals surface area (Å²) in [4.78, 5) is 10.7. The average molecular weight is 299 g/mol. The summed E-state index contributed by atoms with van der Waals surface area (Å²) in [5.41, 5.74) is 7.76. The van der Waals surface area contributed by atoms with E-state index < -0.39 is 0 Å². The van der Waals surface area contributed by atoms with Gasteiger partial charge in [-0.25, -0.2) is 4.98 Å². The molecule has 6 heteroatoms. The highest BCUT2D eigenvalue weighted by Gasteiger charge is 2.26. The van der Waals surface area contributed by atoms with Crippen molar-refractivity contribution in [1.29, 1.82) is 0 Å². The molecule has 1 aromatic heterocycles. The van der Waals surface area contributed by atoms with Gasteiger partial charge in [-0.05, 0) is 12.6 Å². The van der Waals surface area contributed by atoms with E-state index in [9.17, 15) is 0 Å². The maximum absolute atomic E-state index is 5.81. The molecule has 1 aromatic carbocycles. The fraction of sp³-hybridized carbons (Fsp3) is 0.375. The maximum Gasteiger partial charge on any atom is 0.222 e. The van der Waals surface area contributed by atoms with Crippen LogP contribution in [0.2, 0.25) is 0 Å². The Bertz CT molecular complexity index is 613. The molecular weight excluding hydrogens is 278 g/mol. The molecule has 0 amide bonds. The average Bonchev–Trinajstić information content (AvgIpc) is 2.47. The van der Waals surface area contributed by atoms with Crippen LogP contribution in [0.25, 0.3) is 0 Å². The Morgan fingerprint density at radius 2 is 2.00 bits per heavy atom. The lowest BCUT2D eigenvalue weighted by Crippen LogP contribution is -2.57. The summed E-state index contributed by atoms with van der Waals surface area (Å²) in [7, 11) is 1.97. The van der Waals surface area contributed by atoms with Gasteiger partial charge in [0.05, 0.1) is 18.9 Å². The van der Waals surface area contributed by atoms with E-state index in [-0.39, 0.29) is 0 Å². The zero-order valence-electron chi connectivity index (χ0n) is 12.7. The van der Waals surface area contributed by atoms with E-state index in [2.05, 4.69) is 20.2 Å². The zero-order chi connectivity index (χ0) is 15.4. The molecule has 1 aliphatic rings. The maximum atomic E-state index is 5.81. The quantitative estimate of drug-likeness (QED) is 0.834. The zero-order valence-corrected chi connectivity index (χ0v) is 12.7. The number of aromatic nitrogens is 2. The van der Waals surface area contributed by atoms with Gasteiger partial charge in [0, 0.05) is 25.2 Å². The fourth-order valence-electron chi connectivity index (χ4n) is 2.43. The van der Waals surface area contributed by atoms with Gasteiger partial charge < -0.3 is 20.7 Å². The van der Waals surface area contributed by atoms with Crippen LogP contribution in [0.1, 0.15) is 11.3 Å². The van der Waals surface area contributed by atoms with Gasteiger partial charge in [-0.1, -0.05) is 30.3 Å². The molecule has 22 heavy (non-hydrogen) atoms. The predicted molar refractivity (Wildman–Crippen MR) is 86.4 cm³/mol. The molecule has 116 valence electrons. The molecule has 2 aromatic rings. The van der Waals surface area contributed by atoms with Crippen LogP contribution in [0.5, 0.6) is 0 Å². The Balaban J connectivity index is 1.58. The SMILES string of the molecule is CNC1CN(c2cc(COCc3ccccc3)nc(N)n2)C1. The minimum atomic E-state index is 0.295. The van der Waals surface area contributed by atoms with Crippen LogP contribution in [-0.4, -0.2) is 36.1 Å². The number of nitrogens with one attached hydrogen (secondary N) is 1. The van der Waals surface area contributed by atoms with Gasteiger partial charge in [0.15, 0.2) is 0 Å². The van der Waals surface area contributed by atoms with Gasteiger partial charge >= 0.3 is 0 Å². The first kappa shape index (κ1) is 14.7. The molecule has 0 bridgehead atoms. The molecule has 1 aliphatic heterocycles. The first-order valence-corrected chi connectivity index (χ1v) is 7.42. The van der Waals surface area contributed by atoms with Gasteiger partial charge in [0.2, 0.25) is 5.95 Å². The highest BCUT2D eigenvalue weighted by molar-refractivity contribution is 5.46. The number of benzene rings is 1. The molecule has 0 atom stereocenters. The Labute approximate surface area is 130 Å². The van der Waals surface area contributed by atoms with E-state index >= 15 is 0 Å². The lowest BCUT2D eigenvalue weighted by atomic mass is 10.1. The van der Waals surface area contributed by atoms with Crippen molar-refractivity contribution in [3.05, 3.63) is 47.7 Å². The lowest BCUT2D eigenvalue weighted by Gasteiger charge is -2.40. The molecule has 1 saturated heterocycles. The number of nitrogens with zero attached hydrogens (tertiary/aromatic N) is 3. The third-order valence-corrected chi connectivity index (χ3v) is 3.76. The minimum Gasteiger partial charge on any atom is -0.370 e. The molecule has 3 rings (SSSR count). The van der Waals surface area contributed by atoms with E-state index in [0.29, 0.717) is 25.2 Å². The standard InChI is InChI=1S/C16H21N5O/c1-18-14-8-21(9-14)15-7-13(19-16(17)20-15)11-22-10-12-5-3-2-4-6-12/h2-7,14,18H,8-11H2,1H3,(H2,17,19,20). The molecule has 0 aliphatic carbocycles. The predicted octanol–water partition coefficient (Wildman–Crippen LogP) is 1.18. The Kier molecular flexibility index (Phi) is 4.50. The highest BCUT2D eigenvalue weighted by Crippen LogP contribution is 2.20. The van der Waals surface area contributed by atoms with Crippen LogP contribution < -0.4 is 16.0 Å². The van der Waals surface area contributed by atoms with E-state index in [1.165, 1.54) is 0 Å². The van der Waals surface area contributed by atoms with Crippen LogP contribution >= 0.6 is 0 Å². The van der Waals surface area contributed by atoms with E-state index in [4.69, 9.17) is 10.5 Å². The summed E-state index contributed by atoms with van der Waals surface area (Å²) in [6, 6.07) is 12.5. The van der Waals surface area contributed by atoms with Crippen molar-refractivity contribution < 1.29 is 4.74 Å². The van der Waals surface area contributed by atoms with E-state index in [1.54, 1.807) is 0 Å². The molecule has 0 spiro atoms. The van der Waals surface area contributed by atoms with Crippen LogP contribution in [0, 0.1) is 0 Å². The Hall–Kier alpha value is -2.18. The van der Waals surface area contributed by atoms with E-state index in [0.717, 1.165) is 30.2 Å². The highest BCUT2D eigenvalue weighted by atomic mass is 16.5. The molecule has 0 radical (unpaired) electrons. The van der Waals surface area contributed by atoms with Gasteiger partial charge in [0.25, 0.3) is 0 Å². The summed E-state index contributed by atoms with van der Waals surface area (Å²) < 4.78 is 5.71.